The van der Waals surface area contributed by atoms with Gasteiger partial charge in [-0.05, 0) is 55.8 Å². The Labute approximate surface area is 211 Å². The lowest BCUT2D eigenvalue weighted by Gasteiger charge is -2.37. The van der Waals surface area contributed by atoms with Gasteiger partial charge in [-0.1, -0.05) is 48.4 Å². The number of carbonyl (C=O) groups is 2. The highest BCUT2D eigenvalue weighted by Gasteiger charge is 2.25. The third kappa shape index (κ3) is 5.95. The lowest BCUT2D eigenvalue weighted by atomic mass is 10.1. The number of halogens is 1. The Kier molecular flexibility index (Phi) is 7.93. The van der Waals surface area contributed by atoms with Crippen molar-refractivity contribution in [3.8, 4) is 5.75 Å². The molecule has 1 heterocycles. The summed E-state index contributed by atoms with van der Waals surface area (Å²) in [5.74, 6) is 0.464. The van der Waals surface area contributed by atoms with E-state index in [4.69, 9.17) is 16.3 Å². The number of ether oxygens (including phenoxy) is 1. The molecule has 0 unspecified atom stereocenters. The second-order valence-corrected chi connectivity index (χ2v) is 9.02. The van der Waals surface area contributed by atoms with Gasteiger partial charge in [-0.2, -0.15) is 0 Å². The van der Waals surface area contributed by atoms with E-state index in [1.165, 1.54) is 0 Å². The van der Waals surface area contributed by atoms with E-state index in [2.05, 4.69) is 10.2 Å². The fraction of sp³-hybridized carbons (Fsp3) is 0.286. The lowest BCUT2D eigenvalue weighted by molar-refractivity contribution is 0.0746. The molecule has 1 aliphatic rings. The maximum atomic E-state index is 13.0. The van der Waals surface area contributed by atoms with Crippen molar-refractivity contribution in [2.45, 2.75) is 20.3 Å². The molecule has 7 heteroatoms. The van der Waals surface area contributed by atoms with Crippen LogP contribution in [0.5, 0.6) is 5.75 Å². The van der Waals surface area contributed by atoms with Crippen LogP contribution in [0.2, 0.25) is 5.02 Å². The molecule has 6 nitrogen and oxygen atoms in total. The number of rotatable bonds is 7. The number of hydrogen-bond acceptors (Lipinski definition) is 4. The Morgan fingerprint density at radius 2 is 1.66 bits per heavy atom. The van der Waals surface area contributed by atoms with Gasteiger partial charge in [0.2, 0.25) is 0 Å². The molecule has 2 amide bonds. The van der Waals surface area contributed by atoms with Gasteiger partial charge in [-0.25, -0.2) is 0 Å². The first-order valence-corrected chi connectivity index (χ1v) is 12.3. The van der Waals surface area contributed by atoms with Gasteiger partial charge in [0.15, 0.2) is 0 Å². The number of piperazine rings is 1. The van der Waals surface area contributed by atoms with Crippen molar-refractivity contribution < 1.29 is 14.3 Å². The van der Waals surface area contributed by atoms with Crippen molar-refractivity contribution in [1.82, 2.24) is 4.90 Å². The van der Waals surface area contributed by atoms with E-state index >= 15 is 0 Å². The summed E-state index contributed by atoms with van der Waals surface area (Å²) in [6.45, 7) is 7.01. The molecule has 0 radical (unpaired) electrons. The first-order chi connectivity index (χ1) is 17.0. The summed E-state index contributed by atoms with van der Waals surface area (Å²) >= 11 is 6.59. The number of nitrogens with zero attached hydrogens (tertiary/aromatic N) is 2. The maximum absolute atomic E-state index is 13.0. The Balaban J connectivity index is 1.46. The molecule has 182 valence electrons. The first kappa shape index (κ1) is 24.6. The van der Waals surface area contributed by atoms with Gasteiger partial charge in [0.25, 0.3) is 11.8 Å². The number of carbonyl (C=O) groups excluding carboxylic acids is 2. The first-order valence-electron chi connectivity index (χ1n) is 11.9. The highest BCUT2D eigenvalue weighted by molar-refractivity contribution is 6.34. The number of benzene rings is 3. The minimum Gasteiger partial charge on any atom is -0.494 e. The Morgan fingerprint density at radius 3 is 2.37 bits per heavy atom. The minimum absolute atomic E-state index is 0.0301. The van der Waals surface area contributed by atoms with Crippen LogP contribution in [-0.4, -0.2) is 49.5 Å². The number of nitrogens with one attached hydrogen (secondary N) is 1. The number of aryl methyl sites for hydroxylation is 1. The van der Waals surface area contributed by atoms with Crippen LogP contribution in [0, 0.1) is 6.92 Å². The maximum Gasteiger partial charge on any atom is 0.255 e. The van der Waals surface area contributed by atoms with Gasteiger partial charge in [0.05, 0.1) is 23.0 Å². The Morgan fingerprint density at radius 1 is 0.943 bits per heavy atom. The van der Waals surface area contributed by atoms with Gasteiger partial charge in [0, 0.05) is 37.3 Å². The molecule has 3 aromatic rings. The topological polar surface area (TPSA) is 61.9 Å². The fourth-order valence-electron chi connectivity index (χ4n) is 4.09. The average molecular weight is 492 g/mol. The monoisotopic (exact) mass is 491 g/mol. The van der Waals surface area contributed by atoms with E-state index in [0.717, 1.165) is 17.7 Å². The summed E-state index contributed by atoms with van der Waals surface area (Å²) in [6.07, 6.45) is 0.895. The lowest BCUT2D eigenvalue weighted by Crippen LogP contribution is -2.49. The summed E-state index contributed by atoms with van der Waals surface area (Å²) in [7, 11) is 0. The third-order valence-corrected chi connectivity index (χ3v) is 6.29. The number of hydrogen-bond donors (Lipinski definition) is 1. The normalized spacial score (nSPS) is 13.5. The van der Waals surface area contributed by atoms with Crippen molar-refractivity contribution in [2.24, 2.45) is 0 Å². The van der Waals surface area contributed by atoms with Gasteiger partial charge in [-0.3, -0.25) is 9.59 Å². The molecular formula is C28H30ClN3O3. The summed E-state index contributed by atoms with van der Waals surface area (Å²) in [6, 6.07) is 20.3. The molecule has 1 aliphatic heterocycles. The predicted molar refractivity (Wildman–Crippen MR) is 141 cm³/mol. The standard InChI is InChI=1S/C28H30ClN3O3/c1-3-18-35-23-7-4-6-22(19-23)27(33)30-25-9-5-8-24(29)26(25)31-14-16-32(17-15-31)28(34)21-12-10-20(2)11-13-21/h4-13,19H,3,14-18H2,1-2H3,(H,30,33). The molecule has 0 bridgehead atoms. The Hall–Kier alpha value is -3.51. The largest absolute Gasteiger partial charge is 0.494 e. The van der Waals surface area contributed by atoms with Crippen LogP contribution in [0.4, 0.5) is 11.4 Å². The van der Waals surface area contributed by atoms with E-state index in [1.54, 1.807) is 12.1 Å². The van der Waals surface area contributed by atoms with Crippen LogP contribution in [0.3, 0.4) is 0 Å². The number of amides is 2. The van der Waals surface area contributed by atoms with Crippen LogP contribution < -0.4 is 15.0 Å². The highest BCUT2D eigenvalue weighted by Crippen LogP contribution is 2.35. The van der Waals surface area contributed by atoms with Gasteiger partial charge in [-0.15, -0.1) is 0 Å². The van der Waals surface area contributed by atoms with E-state index < -0.39 is 0 Å². The predicted octanol–water partition coefficient (Wildman–Crippen LogP) is 5.65. The summed E-state index contributed by atoms with van der Waals surface area (Å²) < 4.78 is 5.66. The summed E-state index contributed by atoms with van der Waals surface area (Å²) in [5.41, 5.74) is 3.74. The van der Waals surface area contributed by atoms with Crippen molar-refractivity contribution in [3.63, 3.8) is 0 Å². The third-order valence-electron chi connectivity index (χ3n) is 5.99. The molecule has 3 aromatic carbocycles. The van der Waals surface area contributed by atoms with Crippen LogP contribution in [-0.2, 0) is 0 Å². The van der Waals surface area contributed by atoms with Gasteiger partial charge < -0.3 is 19.9 Å². The van der Waals surface area contributed by atoms with Crippen LogP contribution in [0.1, 0.15) is 39.6 Å². The molecule has 1 saturated heterocycles. The van der Waals surface area contributed by atoms with Crippen molar-refractivity contribution in [1.29, 1.82) is 0 Å². The van der Waals surface area contributed by atoms with Crippen LogP contribution in [0.25, 0.3) is 0 Å². The molecule has 0 aromatic heterocycles. The molecule has 0 aliphatic carbocycles. The van der Waals surface area contributed by atoms with E-state index in [9.17, 15) is 9.59 Å². The van der Waals surface area contributed by atoms with Crippen molar-refractivity contribution in [2.75, 3.05) is 43.0 Å². The SMILES string of the molecule is CCCOc1cccc(C(=O)Nc2cccc(Cl)c2N2CCN(C(=O)c3ccc(C)cc3)CC2)c1. The Bertz CT molecular complexity index is 1190. The molecule has 0 spiro atoms. The highest BCUT2D eigenvalue weighted by atomic mass is 35.5. The van der Waals surface area contributed by atoms with Crippen LogP contribution in [0.15, 0.2) is 66.7 Å². The zero-order valence-electron chi connectivity index (χ0n) is 20.1. The quantitative estimate of drug-likeness (QED) is 0.463. The second kappa shape index (κ2) is 11.3. The summed E-state index contributed by atoms with van der Waals surface area (Å²) in [4.78, 5) is 29.9. The van der Waals surface area contributed by atoms with E-state index in [-0.39, 0.29) is 11.8 Å². The summed E-state index contributed by atoms with van der Waals surface area (Å²) in [5, 5.41) is 3.57. The molecule has 0 saturated carbocycles. The number of anilines is 2. The molecular weight excluding hydrogens is 462 g/mol. The zero-order valence-corrected chi connectivity index (χ0v) is 20.8. The molecule has 4 rings (SSSR count). The molecule has 35 heavy (non-hydrogen) atoms. The molecule has 1 N–H and O–H groups in total. The van der Waals surface area contributed by atoms with Crippen molar-refractivity contribution >= 4 is 34.8 Å². The van der Waals surface area contributed by atoms with Gasteiger partial charge in [0.1, 0.15) is 5.75 Å². The molecule has 0 atom stereocenters. The fourth-order valence-corrected chi connectivity index (χ4v) is 4.39. The minimum atomic E-state index is -0.233. The second-order valence-electron chi connectivity index (χ2n) is 8.61. The van der Waals surface area contributed by atoms with Crippen LogP contribution >= 0.6 is 11.6 Å². The van der Waals surface area contributed by atoms with E-state index in [1.807, 2.05) is 73.3 Å². The molecule has 1 fully saturated rings. The zero-order chi connectivity index (χ0) is 24.8. The average Bonchev–Trinajstić information content (AvgIpc) is 2.88. The smallest absolute Gasteiger partial charge is 0.255 e. The number of para-hydroxylation sites is 1. The van der Waals surface area contributed by atoms with Gasteiger partial charge >= 0.3 is 0 Å². The van der Waals surface area contributed by atoms with Crippen molar-refractivity contribution in [3.05, 3.63) is 88.4 Å². The van der Waals surface area contributed by atoms with E-state index in [0.29, 0.717) is 60.4 Å².